The van der Waals surface area contributed by atoms with Gasteiger partial charge in [0.2, 0.25) is 0 Å². The third kappa shape index (κ3) is 3.72. The van der Waals surface area contributed by atoms with Crippen molar-refractivity contribution in [3.8, 4) is 0 Å². The molecule has 1 heterocycles. The molecular weight excluding hydrogens is 202 g/mol. The van der Waals surface area contributed by atoms with Crippen LogP contribution in [0, 0.1) is 5.92 Å². The molecule has 2 N–H and O–H groups in total. The van der Waals surface area contributed by atoms with Crippen LogP contribution < -0.4 is 0 Å². The van der Waals surface area contributed by atoms with Crippen molar-refractivity contribution in [2.24, 2.45) is 5.92 Å². The zero-order valence-corrected chi connectivity index (χ0v) is 10.9. The highest BCUT2D eigenvalue weighted by Gasteiger charge is 2.32. The molecule has 16 heavy (non-hydrogen) atoms. The molecule has 0 aromatic rings. The first-order valence-electron chi connectivity index (χ1n) is 6.54. The van der Waals surface area contributed by atoms with E-state index in [1.165, 1.54) is 12.8 Å². The largest absolute Gasteiger partial charge is 0.396 e. The molecule has 3 heteroatoms. The Labute approximate surface area is 99.5 Å². The van der Waals surface area contributed by atoms with Gasteiger partial charge in [-0.1, -0.05) is 13.8 Å². The van der Waals surface area contributed by atoms with Crippen LogP contribution in [0.3, 0.4) is 0 Å². The lowest BCUT2D eigenvalue weighted by atomic mass is 9.91. The average molecular weight is 229 g/mol. The zero-order chi connectivity index (χ0) is 12.2. The summed E-state index contributed by atoms with van der Waals surface area (Å²) in [6.07, 6.45) is 4.38. The predicted molar refractivity (Wildman–Crippen MR) is 66.4 cm³/mol. The Kier molecular flexibility index (Phi) is 5.22. The molecule has 0 aliphatic carbocycles. The van der Waals surface area contributed by atoms with Crippen LogP contribution in [0.15, 0.2) is 0 Å². The van der Waals surface area contributed by atoms with E-state index in [4.69, 9.17) is 5.11 Å². The monoisotopic (exact) mass is 229 g/mol. The fourth-order valence-corrected chi connectivity index (χ4v) is 2.35. The molecule has 1 aliphatic heterocycles. The van der Waals surface area contributed by atoms with Gasteiger partial charge in [0, 0.05) is 19.2 Å². The van der Waals surface area contributed by atoms with Crippen molar-refractivity contribution in [2.75, 3.05) is 19.7 Å². The second-order valence-electron chi connectivity index (χ2n) is 5.64. The minimum Gasteiger partial charge on any atom is -0.396 e. The van der Waals surface area contributed by atoms with Gasteiger partial charge in [-0.2, -0.15) is 0 Å². The van der Waals surface area contributed by atoms with Crippen LogP contribution >= 0.6 is 0 Å². The summed E-state index contributed by atoms with van der Waals surface area (Å²) < 4.78 is 0. The molecule has 0 bridgehead atoms. The van der Waals surface area contributed by atoms with E-state index in [9.17, 15) is 5.11 Å². The Morgan fingerprint density at radius 3 is 2.69 bits per heavy atom. The van der Waals surface area contributed by atoms with Gasteiger partial charge in [-0.3, -0.25) is 4.90 Å². The number of aliphatic hydroxyl groups is 2. The standard InChI is InChI=1S/C13H27NO2/c1-11(2)13(3,16)10-14-8-4-6-12(14)7-5-9-15/h11-12,15-16H,4-10H2,1-3H3. The number of aliphatic hydroxyl groups excluding tert-OH is 1. The number of hydrogen-bond acceptors (Lipinski definition) is 3. The fraction of sp³-hybridized carbons (Fsp3) is 1.00. The lowest BCUT2D eigenvalue weighted by molar-refractivity contribution is -0.0227. The number of rotatable bonds is 6. The van der Waals surface area contributed by atoms with E-state index in [0.717, 1.165) is 25.9 Å². The molecule has 2 atom stereocenters. The topological polar surface area (TPSA) is 43.7 Å². The van der Waals surface area contributed by atoms with E-state index in [0.29, 0.717) is 6.04 Å². The van der Waals surface area contributed by atoms with E-state index < -0.39 is 5.60 Å². The van der Waals surface area contributed by atoms with Crippen molar-refractivity contribution >= 4 is 0 Å². The van der Waals surface area contributed by atoms with Crippen molar-refractivity contribution in [3.63, 3.8) is 0 Å². The highest BCUT2D eigenvalue weighted by molar-refractivity contribution is 4.87. The third-order valence-electron chi connectivity index (χ3n) is 3.96. The van der Waals surface area contributed by atoms with Gasteiger partial charge in [0.05, 0.1) is 5.60 Å². The van der Waals surface area contributed by atoms with E-state index in [1.54, 1.807) is 0 Å². The minimum absolute atomic E-state index is 0.283. The van der Waals surface area contributed by atoms with Crippen LogP contribution in [-0.2, 0) is 0 Å². The molecule has 2 unspecified atom stereocenters. The molecule has 1 rings (SSSR count). The van der Waals surface area contributed by atoms with Gasteiger partial charge >= 0.3 is 0 Å². The SMILES string of the molecule is CC(C)C(C)(O)CN1CCCC1CCCO. The first-order valence-corrected chi connectivity index (χ1v) is 6.54. The van der Waals surface area contributed by atoms with E-state index >= 15 is 0 Å². The van der Waals surface area contributed by atoms with Gasteiger partial charge in [-0.15, -0.1) is 0 Å². The number of β-amino-alcohol motifs (C(OH)–C–C–N with tert-alkyl or cyclic N) is 1. The van der Waals surface area contributed by atoms with E-state index in [2.05, 4.69) is 18.7 Å². The van der Waals surface area contributed by atoms with Crippen LogP contribution in [0.1, 0.15) is 46.5 Å². The van der Waals surface area contributed by atoms with Crippen molar-refractivity contribution in [1.29, 1.82) is 0 Å². The maximum absolute atomic E-state index is 10.3. The molecule has 0 aromatic carbocycles. The molecule has 1 saturated heterocycles. The van der Waals surface area contributed by atoms with Crippen molar-refractivity contribution < 1.29 is 10.2 Å². The molecule has 3 nitrogen and oxygen atoms in total. The van der Waals surface area contributed by atoms with Gasteiger partial charge in [-0.05, 0) is 45.1 Å². The first kappa shape index (κ1) is 13.9. The zero-order valence-electron chi connectivity index (χ0n) is 10.9. The summed E-state index contributed by atoms with van der Waals surface area (Å²) in [6.45, 7) is 8.21. The second-order valence-corrected chi connectivity index (χ2v) is 5.64. The highest BCUT2D eigenvalue weighted by atomic mass is 16.3. The maximum Gasteiger partial charge on any atom is 0.0768 e. The van der Waals surface area contributed by atoms with E-state index in [1.807, 2.05) is 6.92 Å². The third-order valence-corrected chi connectivity index (χ3v) is 3.96. The van der Waals surface area contributed by atoms with E-state index in [-0.39, 0.29) is 12.5 Å². The first-order chi connectivity index (χ1) is 7.47. The summed E-state index contributed by atoms with van der Waals surface area (Å²) in [5, 5.41) is 19.2. The molecule has 0 radical (unpaired) electrons. The molecule has 0 aromatic heterocycles. The molecule has 96 valence electrons. The average Bonchev–Trinajstić information content (AvgIpc) is 2.61. The minimum atomic E-state index is -0.595. The Hall–Kier alpha value is -0.120. The van der Waals surface area contributed by atoms with Crippen molar-refractivity contribution in [2.45, 2.75) is 58.1 Å². The van der Waals surface area contributed by atoms with Crippen molar-refractivity contribution in [3.05, 3.63) is 0 Å². The Morgan fingerprint density at radius 2 is 2.12 bits per heavy atom. The molecule has 1 fully saturated rings. The van der Waals surface area contributed by atoms with Crippen molar-refractivity contribution in [1.82, 2.24) is 4.90 Å². The Morgan fingerprint density at radius 1 is 1.44 bits per heavy atom. The molecule has 0 spiro atoms. The fourth-order valence-electron chi connectivity index (χ4n) is 2.35. The van der Waals surface area contributed by atoms with Crippen LogP contribution in [0.4, 0.5) is 0 Å². The normalized spacial score (nSPS) is 26.2. The van der Waals surface area contributed by atoms with Gasteiger partial charge in [-0.25, -0.2) is 0 Å². The number of nitrogens with zero attached hydrogens (tertiary/aromatic N) is 1. The maximum atomic E-state index is 10.3. The Balaban J connectivity index is 2.46. The smallest absolute Gasteiger partial charge is 0.0768 e. The molecule has 0 saturated carbocycles. The second kappa shape index (κ2) is 5.99. The number of likely N-dealkylation sites (tertiary alicyclic amines) is 1. The summed E-state index contributed by atoms with van der Waals surface area (Å²) in [6, 6.07) is 0.567. The van der Waals surface area contributed by atoms with Crippen LogP contribution in [-0.4, -0.2) is 46.5 Å². The van der Waals surface area contributed by atoms with Gasteiger partial charge in [0.25, 0.3) is 0 Å². The molecular formula is C13H27NO2. The van der Waals surface area contributed by atoms with Gasteiger partial charge in [0.1, 0.15) is 0 Å². The summed E-state index contributed by atoms with van der Waals surface area (Å²) in [7, 11) is 0. The quantitative estimate of drug-likeness (QED) is 0.727. The lowest BCUT2D eigenvalue weighted by Gasteiger charge is -2.35. The summed E-state index contributed by atoms with van der Waals surface area (Å²) in [5.74, 6) is 0.284. The van der Waals surface area contributed by atoms with Crippen LogP contribution in [0.5, 0.6) is 0 Å². The predicted octanol–water partition coefficient (Wildman–Crippen LogP) is 1.63. The van der Waals surface area contributed by atoms with Crippen LogP contribution in [0.25, 0.3) is 0 Å². The highest BCUT2D eigenvalue weighted by Crippen LogP contribution is 2.26. The van der Waals surface area contributed by atoms with Crippen LogP contribution in [0.2, 0.25) is 0 Å². The summed E-state index contributed by atoms with van der Waals surface area (Å²) in [5.41, 5.74) is -0.595. The Bertz CT molecular complexity index is 204. The lowest BCUT2D eigenvalue weighted by Crippen LogP contribution is -2.46. The van der Waals surface area contributed by atoms with Gasteiger partial charge < -0.3 is 10.2 Å². The number of hydrogen-bond donors (Lipinski definition) is 2. The summed E-state index contributed by atoms with van der Waals surface area (Å²) in [4.78, 5) is 2.40. The van der Waals surface area contributed by atoms with Gasteiger partial charge in [0.15, 0.2) is 0 Å². The molecule has 0 amide bonds. The molecule has 1 aliphatic rings. The summed E-state index contributed by atoms with van der Waals surface area (Å²) >= 11 is 0.